The summed E-state index contributed by atoms with van der Waals surface area (Å²) in [5.41, 5.74) is 4.87. The fraction of sp³-hybridized carbons (Fsp3) is 0.240. The SMILES string of the molecule is O=C(O)C(F)(F)F.OC1CCN(c2cccc(-c3ccnc(Nc4ccc(-n5ccnn5)cc4)n3)c2)CC1. The number of piperidine rings is 1. The number of carbonyl (C=O) groups is 1. The minimum atomic E-state index is -5.08. The maximum absolute atomic E-state index is 10.6. The van der Waals surface area contributed by atoms with Gasteiger partial charge in [-0.2, -0.15) is 13.2 Å². The number of anilines is 3. The second kappa shape index (κ2) is 11.7. The average molecular weight is 528 g/mol. The molecule has 0 spiro atoms. The van der Waals surface area contributed by atoms with Gasteiger partial charge in [0.2, 0.25) is 5.95 Å². The van der Waals surface area contributed by atoms with Crippen LogP contribution in [0.4, 0.5) is 30.5 Å². The van der Waals surface area contributed by atoms with Crippen molar-refractivity contribution in [1.29, 1.82) is 0 Å². The van der Waals surface area contributed by atoms with Crippen LogP contribution >= 0.6 is 0 Å². The number of nitrogens with zero attached hydrogens (tertiary/aromatic N) is 6. The van der Waals surface area contributed by atoms with Gasteiger partial charge in [0.1, 0.15) is 0 Å². The Morgan fingerprint density at radius 3 is 2.34 bits per heavy atom. The van der Waals surface area contributed by atoms with Gasteiger partial charge in [-0.1, -0.05) is 17.3 Å². The lowest BCUT2D eigenvalue weighted by Crippen LogP contribution is -2.35. The van der Waals surface area contributed by atoms with Crippen molar-refractivity contribution in [2.45, 2.75) is 25.1 Å². The van der Waals surface area contributed by atoms with E-state index in [0.717, 1.165) is 54.3 Å². The number of carboxylic acids is 1. The third-order valence-electron chi connectivity index (χ3n) is 5.68. The molecule has 3 heterocycles. The predicted octanol–water partition coefficient (Wildman–Crippen LogP) is 4.06. The standard InChI is InChI=1S/C23H23N7O.C2HF3O2/c31-21-9-13-29(14-10-21)20-3-1-2-17(16-20)22-8-11-24-23(27-22)26-18-4-6-19(7-5-18)30-15-12-25-28-30;3-2(4,5)1(6)7/h1-8,11-12,15-16,21,31H,9-10,13-14H2,(H,24,26,27);(H,6,7). The Balaban J connectivity index is 0.000000426. The van der Waals surface area contributed by atoms with Gasteiger partial charge in [0.15, 0.2) is 0 Å². The maximum Gasteiger partial charge on any atom is 0.490 e. The van der Waals surface area contributed by atoms with Crippen molar-refractivity contribution in [3.8, 4) is 16.9 Å². The molecule has 13 heteroatoms. The van der Waals surface area contributed by atoms with E-state index in [-0.39, 0.29) is 6.10 Å². The summed E-state index contributed by atoms with van der Waals surface area (Å²) < 4.78 is 33.4. The molecule has 0 saturated carbocycles. The highest BCUT2D eigenvalue weighted by molar-refractivity contribution is 5.73. The number of halogens is 3. The van der Waals surface area contributed by atoms with E-state index in [0.29, 0.717) is 5.95 Å². The number of alkyl halides is 3. The molecule has 1 aliphatic rings. The first kappa shape index (κ1) is 26.5. The predicted molar refractivity (Wildman–Crippen MR) is 133 cm³/mol. The smallest absolute Gasteiger partial charge is 0.475 e. The molecule has 1 aliphatic heterocycles. The van der Waals surface area contributed by atoms with Crippen LogP contribution in [0.15, 0.2) is 73.2 Å². The molecule has 2 aromatic carbocycles. The molecule has 0 atom stereocenters. The van der Waals surface area contributed by atoms with Crippen LogP contribution in [0.3, 0.4) is 0 Å². The van der Waals surface area contributed by atoms with Gasteiger partial charge in [-0.3, -0.25) is 0 Å². The second-order valence-corrected chi connectivity index (χ2v) is 8.36. The molecule has 4 aromatic rings. The van der Waals surface area contributed by atoms with Crippen molar-refractivity contribution >= 4 is 23.3 Å². The fourth-order valence-corrected chi connectivity index (χ4v) is 3.74. The lowest BCUT2D eigenvalue weighted by atomic mass is 10.1. The summed E-state index contributed by atoms with van der Waals surface area (Å²) in [7, 11) is 0. The summed E-state index contributed by atoms with van der Waals surface area (Å²) in [6, 6.07) is 18.1. The Labute approximate surface area is 215 Å². The van der Waals surface area contributed by atoms with E-state index < -0.39 is 12.1 Å². The Morgan fingerprint density at radius 1 is 1.00 bits per heavy atom. The Morgan fingerprint density at radius 2 is 1.71 bits per heavy atom. The molecule has 1 saturated heterocycles. The summed E-state index contributed by atoms with van der Waals surface area (Å²) in [6.07, 6.45) is 1.56. The largest absolute Gasteiger partial charge is 0.490 e. The Hall–Kier alpha value is -4.52. The maximum atomic E-state index is 10.6. The van der Waals surface area contributed by atoms with Crippen LogP contribution in [0.2, 0.25) is 0 Å². The van der Waals surface area contributed by atoms with Crippen LogP contribution < -0.4 is 10.2 Å². The fourth-order valence-electron chi connectivity index (χ4n) is 3.74. The normalized spacial score (nSPS) is 13.9. The van der Waals surface area contributed by atoms with Crippen molar-refractivity contribution in [2.75, 3.05) is 23.3 Å². The molecular weight excluding hydrogens is 503 g/mol. The summed E-state index contributed by atoms with van der Waals surface area (Å²) in [5, 5.41) is 28.0. The first-order chi connectivity index (χ1) is 18.2. The van der Waals surface area contributed by atoms with Gasteiger partial charge in [0.25, 0.3) is 0 Å². The zero-order chi connectivity index (χ0) is 27.1. The van der Waals surface area contributed by atoms with E-state index in [1.54, 1.807) is 23.3 Å². The average Bonchev–Trinajstić information content (AvgIpc) is 3.45. The highest BCUT2D eigenvalue weighted by Crippen LogP contribution is 2.26. The first-order valence-electron chi connectivity index (χ1n) is 11.6. The van der Waals surface area contributed by atoms with E-state index in [1.165, 1.54) is 0 Å². The number of benzene rings is 2. The van der Waals surface area contributed by atoms with Crippen LogP contribution in [0.1, 0.15) is 12.8 Å². The van der Waals surface area contributed by atoms with Gasteiger partial charge >= 0.3 is 12.1 Å². The van der Waals surface area contributed by atoms with Gasteiger partial charge in [-0.15, -0.1) is 5.10 Å². The van der Waals surface area contributed by atoms with Crippen LogP contribution in [0.25, 0.3) is 16.9 Å². The molecule has 0 aliphatic carbocycles. The highest BCUT2D eigenvalue weighted by atomic mass is 19.4. The zero-order valence-corrected chi connectivity index (χ0v) is 20.0. The van der Waals surface area contributed by atoms with E-state index in [1.807, 2.05) is 36.4 Å². The van der Waals surface area contributed by atoms with E-state index in [4.69, 9.17) is 14.9 Å². The van der Waals surface area contributed by atoms with E-state index >= 15 is 0 Å². The van der Waals surface area contributed by atoms with Crippen LogP contribution in [0, 0.1) is 0 Å². The molecule has 0 radical (unpaired) electrons. The molecule has 198 valence electrons. The Kier molecular flexibility index (Phi) is 8.16. The minimum Gasteiger partial charge on any atom is -0.475 e. The monoisotopic (exact) mass is 527 g/mol. The number of hydrogen-bond acceptors (Lipinski definition) is 8. The van der Waals surface area contributed by atoms with Gasteiger partial charge in [-0.05, 0) is 55.3 Å². The van der Waals surface area contributed by atoms with Crippen molar-refractivity contribution < 1.29 is 28.2 Å². The molecule has 0 bridgehead atoms. The molecular formula is C25H24F3N7O3. The third kappa shape index (κ3) is 7.03. The quantitative estimate of drug-likeness (QED) is 0.352. The lowest BCUT2D eigenvalue weighted by Gasteiger charge is -2.31. The van der Waals surface area contributed by atoms with Crippen molar-refractivity contribution in [1.82, 2.24) is 25.0 Å². The number of nitrogens with one attached hydrogen (secondary N) is 1. The molecule has 0 unspecified atom stereocenters. The Bertz CT molecular complexity index is 1340. The summed E-state index contributed by atoms with van der Waals surface area (Å²) in [4.78, 5) is 20.3. The van der Waals surface area contributed by atoms with Gasteiger partial charge in [0.05, 0.1) is 29.9 Å². The van der Waals surface area contributed by atoms with E-state index in [9.17, 15) is 18.3 Å². The number of aliphatic carboxylic acids is 1. The number of aromatic nitrogens is 5. The van der Waals surface area contributed by atoms with Gasteiger partial charge in [-0.25, -0.2) is 19.4 Å². The number of rotatable bonds is 5. The number of aliphatic hydroxyl groups is 1. The molecule has 2 aromatic heterocycles. The summed E-state index contributed by atoms with van der Waals surface area (Å²) >= 11 is 0. The van der Waals surface area contributed by atoms with Crippen LogP contribution in [0.5, 0.6) is 0 Å². The van der Waals surface area contributed by atoms with Crippen LogP contribution in [-0.4, -0.2) is 66.5 Å². The first-order valence-corrected chi connectivity index (χ1v) is 11.6. The van der Waals surface area contributed by atoms with Crippen molar-refractivity contribution in [2.24, 2.45) is 0 Å². The van der Waals surface area contributed by atoms with Crippen molar-refractivity contribution in [3.63, 3.8) is 0 Å². The van der Waals surface area contributed by atoms with E-state index in [2.05, 4.69) is 43.7 Å². The molecule has 3 N–H and O–H groups in total. The molecule has 1 fully saturated rings. The molecule has 5 rings (SSSR count). The highest BCUT2D eigenvalue weighted by Gasteiger charge is 2.38. The van der Waals surface area contributed by atoms with Crippen molar-refractivity contribution in [3.05, 3.63) is 73.2 Å². The molecule has 38 heavy (non-hydrogen) atoms. The molecule has 0 amide bonds. The lowest BCUT2D eigenvalue weighted by molar-refractivity contribution is -0.192. The van der Waals surface area contributed by atoms with Crippen LogP contribution in [-0.2, 0) is 4.79 Å². The topological polar surface area (TPSA) is 129 Å². The summed E-state index contributed by atoms with van der Waals surface area (Å²) in [6.45, 7) is 1.73. The second-order valence-electron chi connectivity index (χ2n) is 8.36. The zero-order valence-electron chi connectivity index (χ0n) is 20.0. The van der Waals surface area contributed by atoms with Gasteiger partial charge < -0.3 is 20.4 Å². The number of carboxylic acid groups (broad SMARTS) is 1. The summed E-state index contributed by atoms with van der Waals surface area (Å²) in [5.74, 6) is -2.22. The minimum absolute atomic E-state index is 0.180. The van der Waals surface area contributed by atoms with Gasteiger partial charge in [0, 0.05) is 36.2 Å². The number of aliphatic hydroxyl groups excluding tert-OH is 1. The molecule has 10 nitrogen and oxygen atoms in total. The third-order valence-corrected chi connectivity index (χ3v) is 5.68. The number of hydrogen-bond donors (Lipinski definition) is 3.